The largest absolute Gasteiger partial charge is 0.301 e. The minimum Gasteiger partial charge on any atom is -0.272 e. The molecule has 3 aromatic rings. The molecule has 3 rings (SSSR count). The fourth-order valence-corrected chi connectivity index (χ4v) is 2.90. The number of benzene rings is 2. The van der Waals surface area contributed by atoms with Crippen LogP contribution < -0.4 is 5.43 Å². The van der Waals surface area contributed by atoms with Crippen LogP contribution in [0.3, 0.4) is 0 Å². The van der Waals surface area contributed by atoms with Crippen molar-refractivity contribution in [3.63, 3.8) is 0 Å². The molecule has 0 saturated carbocycles. The van der Waals surface area contributed by atoms with E-state index in [9.17, 15) is 20.2 Å². The second kappa shape index (κ2) is 8.23. The zero-order chi connectivity index (χ0) is 21.9. The molecule has 156 valence electrons. The number of aromatic nitrogens is 3. The van der Waals surface area contributed by atoms with Crippen LogP contribution in [0.4, 0.5) is 17.1 Å². The van der Waals surface area contributed by atoms with E-state index in [1.54, 1.807) is 4.68 Å². The van der Waals surface area contributed by atoms with Crippen molar-refractivity contribution in [3.05, 3.63) is 62.7 Å². The van der Waals surface area contributed by atoms with E-state index in [0.29, 0.717) is 13.0 Å². The Kier molecular flexibility index (Phi) is 5.72. The number of fused-ring (bicyclic) bond motifs is 1. The molecule has 1 N–H and O–H groups in total. The summed E-state index contributed by atoms with van der Waals surface area (Å²) in [5.74, 6) is 0. The highest BCUT2D eigenvalue weighted by Gasteiger charge is 2.22. The van der Waals surface area contributed by atoms with E-state index in [4.69, 9.17) is 0 Å². The van der Waals surface area contributed by atoms with Gasteiger partial charge in [0.1, 0.15) is 11.2 Å². The van der Waals surface area contributed by atoms with Crippen molar-refractivity contribution in [1.82, 2.24) is 15.0 Å². The molecule has 1 heterocycles. The number of hydrazone groups is 1. The van der Waals surface area contributed by atoms with Crippen molar-refractivity contribution >= 4 is 33.8 Å². The van der Waals surface area contributed by atoms with Crippen LogP contribution in [-0.2, 0) is 6.54 Å². The molecule has 0 radical (unpaired) electrons. The molecule has 0 spiro atoms. The molecule has 2 aromatic carbocycles. The molecular formula is C19H21N7O4. The Hall–Kier alpha value is -3.89. The van der Waals surface area contributed by atoms with E-state index in [1.807, 2.05) is 45.0 Å². The number of aryl methyl sites for hydroxylation is 1. The quantitative estimate of drug-likeness (QED) is 0.349. The molecule has 11 nitrogen and oxygen atoms in total. The molecule has 0 aliphatic carbocycles. The number of para-hydroxylation sites is 1. The average Bonchev–Trinajstić information content (AvgIpc) is 3.10. The molecule has 0 aliphatic heterocycles. The summed E-state index contributed by atoms with van der Waals surface area (Å²) in [4.78, 5) is 20.9. The van der Waals surface area contributed by atoms with Crippen LogP contribution in [0.5, 0.6) is 0 Å². The summed E-state index contributed by atoms with van der Waals surface area (Å²) in [7, 11) is 0. The van der Waals surface area contributed by atoms with Crippen molar-refractivity contribution in [1.29, 1.82) is 0 Å². The number of hydrogen-bond acceptors (Lipinski definition) is 8. The van der Waals surface area contributed by atoms with Crippen molar-refractivity contribution in [2.45, 2.75) is 33.7 Å². The van der Waals surface area contributed by atoms with Gasteiger partial charge in [0.2, 0.25) is 0 Å². The maximum absolute atomic E-state index is 11.3. The molecule has 11 heteroatoms. The summed E-state index contributed by atoms with van der Waals surface area (Å²) < 4.78 is 1.78. The van der Waals surface area contributed by atoms with Gasteiger partial charge in [0.05, 0.1) is 21.4 Å². The summed E-state index contributed by atoms with van der Waals surface area (Å²) in [6.07, 6.45) is 0.532. The second-order valence-corrected chi connectivity index (χ2v) is 7.69. The predicted molar refractivity (Wildman–Crippen MR) is 112 cm³/mol. The Balaban J connectivity index is 1.84. The van der Waals surface area contributed by atoms with Crippen molar-refractivity contribution in [2.75, 3.05) is 5.43 Å². The first-order valence-corrected chi connectivity index (χ1v) is 9.21. The Morgan fingerprint density at radius 3 is 2.53 bits per heavy atom. The first kappa shape index (κ1) is 20.8. The minimum atomic E-state index is -0.678. The number of rotatable bonds is 7. The van der Waals surface area contributed by atoms with Gasteiger partial charge >= 0.3 is 5.69 Å². The smallest absolute Gasteiger partial charge is 0.272 e. The van der Waals surface area contributed by atoms with E-state index in [0.717, 1.165) is 22.8 Å². The van der Waals surface area contributed by atoms with Gasteiger partial charge in [0.25, 0.3) is 5.69 Å². The maximum atomic E-state index is 11.3. The fraction of sp³-hybridized carbons (Fsp3) is 0.316. The zero-order valence-electron chi connectivity index (χ0n) is 16.8. The lowest BCUT2D eigenvalue weighted by atomic mass is 9.88. The fourth-order valence-electron chi connectivity index (χ4n) is 2.90. The predicted octanol–water partition coefficient (Wildman–Crippen LogP) is 4.15. The van der Waals surface area contributed by atoms with Gasteiger partial charge in [0.15, 0.2) is 0 Å². The van der Waals surface area contributed by atoms with Crippen LogP contribution in [-0.4, -0.2) is 30.6 Å². The van der Waals surface area contributed by atoms with Crippen molar-refractivity contribution in [2.24, 2.45) is 10.5 Å². The summed E-state index contributed by atoms with van der Waals surface area (Å²) in [6.45, 7) is 6.48. The highest BCUT2D eigenvalue weighted by Crippen LogP contribution is 2.29. The van der Waals surface area contributed by atoms with Crippen LogP contribution in [0.15, 0.2) is 47.6 Å². The maximum Gasteiger partial charge on any atom is 0.301 e. The van der Waals surface area contributed by atoms with Crippen molar-refractivity contribution < 1.29 is 9.85 Å². The Morgan fingerprint density at radius 2 is 1.87 bits per heavy atom. The summed E-state index contributed by atoms with van der Waals surface area (Å²) in [6, 6.07) is 11.0. The van der Waals surface area contributed by atoms with Crippen molar-refractivity contribution in [3.8, 4) is 0 Å². The molecule has 0 unspecified atom stereocenters. The summed E-state index contributed by atoms with van der Waals surface area (Å²) >= 11 is 0. The highest BCUT2D eigenvalue weighted by atomic mass is 16.6. The lowest BCUT2D eigenvalue weighted by molar-refractivity contribution is -0.393. The van der Waals surface area contributed by atoms with E-state index >= 15 is 0 Å². The normalized spacial score (nSPS) is 12.2. The number of nitrogens with zero attached hydrogens (tertiary/aromatic N) is 6. The topological polar surface area (TPSA) is 141 Å². The molecule has 0 aliphatic rings. The summed E-state index contributed by atoms with van der Waals surface area (Å²) in [5.41, 5.74) is 4.17. The van der Waals surface area contributed by atoms with E-state index < -0.39 is 15.5 Å². The van der Waals surface area contributed by atoms with Crippen LogP contribution >= 0.6 is 0 Å². The lowest BCUT2D eigenvalue weighted by Gasteiger charge is -2.21. The SMILES string of the molecule is CC(C)(C)C(CCn1nnc2ccccc21)=NNc1ccc([N+](=O)[O-])cc1[N+](=O)[O-]. The standard InChI is InChI=1S/C19H21N7O4/c1-19(2,3)18(10-11-24-16-7-5-4-6-14(16)21-23-24)22-20-15-9-8-13(25(27)28)12-17(15)26(29)30/h4-9,12,20H,10-11H2,1-3H3. The third kappa shape index (κ3) is 4.57. The van der Waals surface area contributed by atoms with Crippen LogP contribution in [0, 0.1) is 25.6 Å². The minimum absolute atomic E-state index is 0.0820. The van der Waals surface area contributed by atoms with Gasteiger partial charge in [0, 0.05) is 30.2 Å². The van der Waals surface area contributed by atoms with E-state index in [2.05, 4.69) is 20.8 Å². The third-order valence-electron chi connectivity index (χ3n) is 4.55. The number of hydrogen-bond donors (Lipinski definition) is 1. The van der Waals surface area contributed by atoms with Gasteiger partial charge in [-0.1, -0.05) is 38.1 Å². The van der Waals surface area contributed by atoms with Gasteiger partial charge in [-0.15, -0.1) is 5.10 Å². The molecule has 0 fully saturated rings. The highest BCUT2D eigenvalue weighted by molar-refractivity contribution is 5.90. The number of non-ortho nitro benzene ring substituents is 1. The van der Waals surface area contributed by atoms with Crippen LogP contribution in [0.25, 0.3) is 11.0 Å². The molecule has 30 heavy (non-hydrogen) atoms. The molecule has 0 atom stereocenters. The number of nitro groups is 2. The summed E-state index contributed by atoms with van der Waals surface area (Å²) in [5, 5.41) is 34.9. The number of anilines is 1. The first-order valence-electron chi connectivity index (χ1n) is 9.21. The zero-order valence-corrected chi connectivity index (χ0v) is 16.8. The molecule has 1 aromatic heterocycles. The Labute approximate surface area is 171 Å². The van der Waals surface area contributed by atoms with Gasteiger partial charge < -0.3 is 0 Å². The number of nitro benzene ring substituents is 2. The molecule has 0 amide bonds. The molecule has 0 saturated heterocycles. The Morgan fingerprint density at radius 1 is 1.13 bits per heavy atom. The molecular weight excluding hydrogens is 390 g/mol. The first-order chi connectivity index (χ1) is 14.2. The Bertz CT molecular complexity index is 1130. The van der Waals surface area contributed by atoms with E-state index in [-0.39, 0.29) is 16.8 Å². The monoisotopic (exact) mass is 411 g/mol. The molecule has 0 bridgehead atoms. The van der Waals surface area contributed by atoms with Crippen LogP contribution in [0.1, 0.15) is 27.2 Å². The van der Waals surface area contributed by atoms with E-state index in [1.165, 1.54) is 12.1 Å². The second-order valence-electron chi connectivity index (χ2n) is 7.69. The average molecular weight is 411 g/mol. The lowest BCUT2D eigenvalue weighted by Crippen LogP contribution is -2.23. The van der Waals surface area contributed by atoms with Gasteiger partial charge in [-0.05, 0) is 18.2 Å². The van der Waals surface area contributed by atoms with Crippen LogP contribution in [0.2, 0.25) is 0 Å². The number of nitrogens with one attached hydrogen (secondary N) is 1. The van der Waals surface area contributed by atoms with Gasteiger partial charge in [-0.25, -0.2) is 4.68 Å². The van der Waals surface area contributed by atoms with Gasteiger partial charge in [-0.3, -0.25) is 25.7 Å². The third-order valence-corrected chi connectivity index (χ3v) is 4.55. The van der Waals surface area contributed by atoms with Gasteiger partial charge in [-0.2, -0.15) is 5.10 Å².